The predicted molar refractivity (Wildman–Crippen MR) is 139 cm³/mol. The molecule has 2 N–H and O–H groups in total. The number of amides is 4. The van der Waals surface area contributed by atoms with Crippen LogP contribution in [0, 0.1) is 0 Å². The number of rotatable bonds is 8. The van der Waals surface area contributed by atoms with Crippen molar-refractivity contribution in [2.24, 2.45) is 0 Å². The third-order valence-corrected chi connectivity index (χ3v) is 5.51. The molecule has 184 valence electrons. The monoisotopic (exact) mass is 525 g/mol. The third-order valence-electron chi connectivity index (χ3n) is 4.99. The maximum Gasteiger partial charge on any atom is 0.333 e. The summed E-state index contributed by atoms with van der Waals surface area (Å²) in [4.78, 5) is 38.7. The van der Waals surface area contributed by atoms with Gasteiger partial charge in [0, 0.05) is 10.7 Å². The molecule has 0 spiro atoms. The molecule has 3 aromatic rings. The Kier molecular flexibility index (Phi) is 7.77. The van der Waals surface area contributed by atoms with Crippen LogP contribution >= 0.6 is 23.2 Å². The smallest absolute Gasteiger partial charge is 0.333 e. The van der Waals surface area contributed by atoms with Gasteiger partial charge in [-0.1, -0.05) is 47.5 Å². The number of hydrogen-bond donors (Lipinski definition) is 2. The highest BCUT2D eigenvalue weighted by molar-refractivity contribution is 6.33. The third kappa shape index (κ3) is 5.79. The Bertz CT molecular complexity index is 1340. The number of anilines is 2. The quantitative estimate of drug-likeness (QED) is 0.298. The number of imide groups is 1. The van der Waals surface area contributed by atoms with E-state index in [2.05, 4.69) is 10.6 Å². The number of para-hydroxylation sites is 1. The molecule has 36 heavy (non-hydrogen) atoms. The number of hydrogen-bond acceptors (Lipinski definition) is 5. The van der Waals surface area contributed by atoms with E-state index in [0.29, 0.717) is 28.6 Å². The average Bonchev–Trinajstić information content (AvgIpc) is 3.11. The molecule has 1 saturated heterocycles. The molecule has 0 radical (unpaired) electrons. The minimum absolute atomic E-state index is 0.0504. The van der Waals surface area contributed by atoms with Gasteiger partial charge in [-0.2, -0.15) is 0 Å². The molecule has 0 bridgehead atoms. The molecular formula is C26H21Cl2N3O5. The van der Waals surface area contributed by atoms with Gasteiger partial charge in [-0.05, 0) is 61.0 Å². The van der Waals surface area contributed by atoms with E-state index in [1.807, 2.05) is 6.07 Å². The van der Waals surface area contributed by atoms with E-state index in [-0.39, 0.29) is 34.7 Å². The van der Waals surface area contributed by atoms with Crippen LogP contribution in [0.15, 0.2) is 72.4 Å². The van der Waals surface area contributed by atoms with E-state index in [1.54, 1.807) is 61.5 Å². The topological polar surface area (TPSA) is 97.0 Å². The first-order valence-corrected chi connectivity index (χ1v) is 11.7. The number of carbonyl (C=O) groups excluding carboxylic acids is 3. The lowest BCUT2D eigenvalue weighted by Crippen LogP contribution is -2.30. The number of benzene rings is 3. The molecule has 1 aliphatic rings. The number of nitrogens with one attached hydrogen (secondary N) is 2. The average molecular weight is 526 g/mol. The van der Waals surface area contributed by atoms with Crippen LogP contribution in [0.4, 0.5) is 16.2 Å². The highest BCUT2D eigenvalue weighted by Gasteiger charge is 2.35. The standard InChI is InChI=1S/C26H21Cl2N3O5/c1-2-35-22-13-16(11-20(28)24(22)36-15-23(32)29-18-8-4-3-5-9-18)12-21-25(33)31(26(34)30-21)19-10-6-7-17(27)14-19/h3-14H,2,15H2,1H3,(H,29,32)(H,30,34)/b21-12+. The number of ether oxygens (including phenoxy) is 2. The second-order valence-corrected chi connectivity index (χ2v) is 8.42. The van der Waals surface area contributed by atoms with Gasteiger partial charge in [0.2, 0.25) is 0 Å². The molecule has 1 fully saturated rings. The van der Waals surface area contributed by atoms with Crippen molar-refractivity contribution in [3.05, 3.63) is 88.0 Å². The second-order valence-electron chi connectivity index (χ2n) is 7.57. The van der Waals surface area contributed by atoms with Gasteiger partial charge in [-0.25, -0.2) is 9.69 Å². The molecule has 10 heteroatoms. The molecule has 0 unspecified atom stereocenters. The van der Waals surface area contributed by atoms with Crippen molar-refractivity contribution in [2.45, 2.75) is 6.92 Å². The van der Waals surface area contributed by atoms with Crippen molar-refractivity contribution in [1.82, 2.24) is 5.32 Å². The van der Waals surface area contributed by atoms with Crippen molar-refractivity contribution < 1.29 is 23.9 Å². The fourth-order valence-corrected chi connectivity index (χ4v) is 3.94. The highest BCUT2D eigenvalue weighted by atomic mass is 35.5. The molecule has 4 amide bonds. The summed E-state index contributed by atoms with van der Waals surface area (Å²) in [7, 11) is 0. The highest BCUT2D eigenvalue weighted by Crippen LogP contribution is 2.37. The van der Waals surface area contributed by atoms with Crippen molar-refractivity contribution in [3.63, 3.8) is 0 Å². The summed E-state index contributed by atoms with van der Waals surface area (Å²) < 4.78 is 11.3. The molecule has 1 heterocycles. The van der Waals surface area contributed by atoms with E-state index in [1.165, 1.54) is 12.1 Å². The first-order chi connectivity index (χ1) is 17.4. The first kappa shape index (κ1) is 25.1. The normalized spacial score (nSPS) is 14.1. The second kappa shape index (κ2) is 11.2. The fraction of sp³-hybridized carbons (Fsp3) is 0.115. The van der Waals surface area contributed by atoms with Crippen LogP contribution in [0.5, 0.6) is 11.5 Å². The molecule has 0 saturated carbocycles. The summed E-state index contributed by atoms with van der Waals surface area (Å²) in [6.07, 6.45) is 1.48. The molecule has 1 aliphatic heterocycles. The lowest BCUT2D eigenvalue weighted by molar-refractivity contribution is -0.118. The van der Waals surface area contributed by atoms with Crippen molar-refractivity contribution in [3.8, 4) is 11.5 Å². The molecule has 0 aliphatic carbocycles. The van der Waals surface area contributed by atoms with Gasteiger partial charge < -0.3 is 20.1 Å². The maximum atomic E-state index is 12.9. The lowest BCUT2D eigenvalue weighted by Gasteiger charge is -2.14. The summed E-state index contributed by atoms with van der Waals surface area (Å²) in [6, 6.07) is 17.9. The molecule has 0 atom stereocenters. The lowest BCUT2D eigenvalue weighted by atomic mass is 10.1. The summed E-state index contributed by atoms with van der Waals surface area (Å²) in [5.41, 5.74) is 1.52. The van der Waals surface area contributed by atoms with E-state index in [9.17, 15) is 14.4 Å². The van der Waals surface area contributed by atoms with Crippen molar-refractivity contribution >= 4 is 58.5 Å². The van der Waals surface area contributed by atoms with Gasteiger partial charge in [-0.15, -0.1) is 0 Å². The van der Waals surface area contributed by atoms with Crippen LogP contribution < -0.4 is 25.0 Å². The van der Waals surface area contributed by atoms with Crippen LogP contribution in [0.25, 0.3) is 6.08 Å². The first-order valence-electron chi connectivity index (χ1n) is 10.9. The molecular weight excluding hydrogens is 505 g/mol. The summed E-state index contributed by atoms with van der Waals surface area (Å²) in [6.45, 7) is 1.80. The van der Waals surface area contributed by atoms with Gasteiger partial charge in [-0.3, -0.25) is 9.59 Å². The number of urea groups is 1. The number of nitrogens with zero attached hydrogens (tertiary/aromatic N) is 1. The minimum atomic E-state index is -0.603. The van der Waals surface area contributed by atoms with Gasteiger partial charge in [0.15, 0.2) is 18.1 Å². The van der Waals surface area contributed by atoms with Crippen LogP contribution in [0.2, 0.25) is 10.0 Å². The van der Waals surface area contributed by atoms with Gasteiger partial charge >= 0.3 is 6.03 Å². The summed E-state index contributed by atoms with van der Waals surface area (Å²) in [5.74, 6) is -0.445. The maximum absolute atomic E-state index is 12.9. The number of halogens is 2. The van der Waals surface area contributed by atoms with E-state index >= 15 is 0 Å². The Morgan fingerprint density at radius 1 is 1.03 bits per heavy atom. The van der Waals surface area contributed by atoms with Gasteiger partial charge in [0.25, 0.3) is 11.8 Å². The molecule has 8 nitrogen and oxygen atoms in total. The number of carbonyl (C=O) groups is 3. The fourth-order valence-electron chi connectivity index (χ4n) is 3.48. The van der Waals surface area contributed by atoms with Crippen LogP contribution in [-0.2, 0) is 9.59 Å². The predicted octanol–water partition coefficient (Wildman–Crippen LogP) is 5.51. The van der Waals surface area contributed by atoms with Crippen molar-refractivity contribution in [2.75, 3.05) is 23.4 Å². The summed E-state index contributed by atoms with van der Waals surface area (Å²) >= 11 is 12.4. The largest absolute Gasteiger partial charge is 0.490 e. The Balaban J connectivity index is 1.53. The van der Waals surface area contributed by atoms with Crippen LogP contribution in [0.3, 0.4) is 0 Å². The Labute approximate surface area is 217 Å². The zero-order chi connectivity index (χ0) is 25.7. The zero-order valence-electron chi connectivity index (χ0n) is 19.1. The van der Waals surface area contributed by atoms with Gasteiger partial charge in [0.05, 0.1) is 17.3 Å². The van der Waals surface area contributed by atoms with E-state index in [4.69, 9.17) is 32.7 Å². The minimum Gasteiger partial charge on any atom is -0.490 e. The summed E-state index contributed by atoms with van der Waals surface area (Å²) in [5, 5.41) is 5.85. The Morgan fingerprint density at radius 3 is 2.53 bits per heavy atom. The Morgan fingerprint density at radius 2 is 1.81 bits per heavy atom. The Hall–Kier alpha value is -4.01. The molecule has 0 aromatic heterocycles. The molecule has 3 aromatic carbocycles. The molecule has 4 rings (SSSR count). The van der Waals surface area contributed by atoms with Crippen molar-refractivity contribution in [1.29, 1.82) is 0 Å². The van der Waals surface area contributed by atoms with Crippen LogP contribution in [-0.4, -0.2) is 31.1 Å². The van der Waals surface area contributed by atoms with E-state index < -0.39 is 11.9 Å². The SMILES string of the molecule is CCOc1cc(/C=C2/NC(=O)N(c3cccc(Cl)c3)C2=O)cc(Cl)c1OCC(=O)Nc1ccccc1. The van der Waals surface area contributed by atoms with Crippen LogP contribution in [0.1, 0.15) is 12.5 Å². The zero-order valence-corrected chi connectivity index (χ0v) is 20.6. The van der Waals surface area contributed by atoms with Gasteiger partial charge in [0.1, 0.15) is 5.70 Å². The van der Waals surface area contributed by atoms with E-state index in [0.717, 1.165) is 4.90 Å².